The van der Waals surface area contributed by atoms with Gasteiger partial charge in [0.2, 0.25) is 0 Å². The minimum Gasteiger partial charge on any atom is -0.319 e. The van der Waals surface area contributed by atoms with Gasteiger partial charge in [0.25, 0.3) is 0 Å². The van der Waals surface area contributed by atoms with E-state index in [1.165, 1.54) is 12.8 Å². The first-order chi connectivity index (χ1) is 5.90. The molecule has 1 aliphatic rings. The molecule has 0 amide bonds. The van der Waals surface area contributed by atoms with Gasteiger partial charge < -0.3 is 5.32 Å². The molecule has 0 atom stereocenters. The highest BCUT2D eigenvalue weighted by atomic mass is 35.5. The van der Waals surface area contributed by atoms with Crippen LogP contribution in [0.1, 0.15) is 11.1 Å². The highest BCUT2D eigenvalue weighted by molar-refractivity contribution is 5.85. The number of halogens is 1. The Morgan fingerprint density at radius 1 is 1.23 bits per heavy atom. The van der Waals surface area contributed by atoms with Crippen LogP contribution in [0.3, 0.4) is 0 Å². The number of benzene rings is 1. The van der Waals surface area contributed by atoms with E-state index in [1.807, 2.05) is 7.05 Å². The Morgan fingerprint density at radius 3 is 2.23 bits per heavy atom. The molecule has 1 nitrogen and oxygen atoms in total. The molecule has 2 heteroatoms. The van der Waals surface area contributed by atoms with Crippen molar-refractivity contribution < 1.29 is 0 Å². The molecule has 0 unspecified atom stereocenters. The summed E-state index contributed by atoms with van der Waals surface area (Å²) >= 11 is 0. The average Bonchev–Trinajstić information content (AvgIpc) is 2.47. The zero-order chi connectivity index (χ0) is 8.39. The monoisotopic (exact) mass is 197 g/mol. The molecule has 0 radical (unpaired) electrons. The Balaban J connectivity index is 0.000000845. The standard InChI is InChI=1S/C11H15N.ClH/c1-12-8-9-6-10-4-2-3-5-11(10)7-9;/h2-5,9,12H,6-8H2,1H3;1H. The van der Waals surface area contributed by atoms with E-state index < -0.39 is 0 Å². The fourth-order valence-electron chi connectivity index (χ4n) is 2.08. The first-order valence-corrected chi connectivity index (χ1v) is 4.61. The highest BCUT2D eigenvalue weighted by Gasteiger charge is 2.19. The lowest BCUT2D eigenvalue weighted by molar-refractivity contribution is 0.526. The topological polar surface area (TPSA) is 12.0 Å². The Morgan fingerprint density at radius 2 is 1.77 bits per heavy atom. The predicted octanol–water partition coefficient (Wildman–Crippen LogP) is 2.04. The fraction of sp³-hybridized carbons (Fsp3) is 0.455. The molecule has 13 heavy (non-hydrogen) atoms. The maximum Gasteiger partial charge on any atom is -0.00172 e. The number of hydrogen-bond acceptors (Lipinski definition) is 1. The summed E-state index contributed by atoms with van der Waals surface area (Å²) < 4.78 is 0. The molecule has 0 spiro atoms. The normalized spacial score (nSPS) is 15.2. The van der Waals surface area contributed by atoms with Gasteiger partial charge in [-0.2, -0.15) is 0 Å². The quantitative estimate of drug-likeness (QED) is 0.766. The maximum absolute atomic E-state index is 3.24. The van der Waals surface area contributed by atoms with E-state index in [0.29, 0.717) is 0 Å². The molecule has 0 bridgehead atoms. The van der Waals surface area contributed by atoms with E-state index in [1.54, 1.807) is 11.1 Å². The summed E-state index contributed by atoms with van der Waals surface area (Å²) in [4.78, 5) is 0. The molecular weight excluding hydrogens is 182 g/mol. The zero-order valence-electron chi connectivity index (χ0n) is 7.92. The third-order valence-corrected chi connectivity index (χ3v) is 2.63. The minimum absolute atomic E-state index is 0. The lowest BCUT2D eigenvalue weighted by atomic mass is 10.1. The second kappa shape index (κ2) is 4.64. The Hall–Kier alpha value is -0.530. The van der Waals surface area contributed by atoms with Gasteiger partial charge in [0, 0.05) is 0 Å². The molecule has 0 aromatic heterocycles. The van der Waals surface area contributed by atoms with Crippen molar-refractivity contribution in [1.29, 1.82) is 0 Å². The molecule has 1 aliphatic carbocycles. The number of rotatable bonds is 2. The first kappa shape index (κ1) is 10.6. The van der Waals surface area contributed by atoms with Crippen molar-refractivity contribution >= 4 is 12.4 Å². The molecule has 0 fully saturated rings. The smallest absolute Gasteiger partial charge is 0.00172 e. The molecule has 1 N–H and O–H groups in total. The van der Waals surface area contributed by atoms with E-state index in [2.05, 4.69) is 29.6 Å². The van der Waals surface area contributed by atoms with Crippen molar-refractivity contribution in [1.82, 2.24) is 5.32 Å². The molecule has 72 valence electrons. The Bertz CT molecular complexity index is 248. The molecular formula is C11H16ClN. The van der Waals surface area contributed by atoms with Gasteiger partial charge in [0.05, 0.1) is 0 Å². The van der Waals surface area contributed by atoms with E-state index in [9.17, 15) is 0 Å². The van der Waals surface area contributed by atoms with Crippen LogP contribution in [-0.4, -0.2) is 13.6 Å². The van der Waals surface area contributed by atoms with Crippen LogP contribution in [0.2, 0.25) is 0 Å². The van der Waals surface area contributed by atoms with Crippen LogP contribution < -0.4 is 5.32 Å². The number of fused-ring (bicyclic) bond motifs is 1. The van der Waals surface area contributed by atoms with Crippen LogP contribution in [-0.2, 0) is 12.8 Å². The van der Waals surface area contributed by atoms with Gasteiger partial charge in [-0.3, -0.25) is 0 Å². The SMILES string of the molecule is CNCC1Cc2ccccc2C1.Cl. The van der Waals surface area contributed by atoms with Gasteiger partial charge in [-0.15, -0.1) is 12.4 Å². The van der Waals surface area contributed by atoms with Crippen molar-refractivity contribution in [2.24, 2.45) is 5.92 Å². The van der Waals surface area contributed by atoms with Crippen LogP contribution in [0, 0.1) is 5.92 Å². The molecule has 0 saturated carbocycles. The molecule has 1 aromatic rings. The number of nitrogens with one attached hydrogen (secondary N) is 1. The second-order valence-electron chi connectivity index (χ2n) is 3.60. The van der Waals surface area contributed by atoms with Gasteiger partial charge in [-0.25, -0.2) is 0 Å². The van der Waals surface area contributed by atoms with Crippen molar-refractivity contribution in [2.45, 2.75) is 12.8 Å². The van der Waals surface area contributed by atoms with Gasteiger partial charge in [-0.05, 0) is 43.5 Å². The fourth-order valence-corrected chi connectivity index (χ4v) is 2.08. The molecule has 0 aliphatic heterocycles. The Kier molecular flexibility index (Phi) is 3.76. The lowest BCUT2D eigenvalue weighted by Crippen LogP contribution is -2.18. The summed E-state index contributed by atoms with van der Waals surface area (Å²) in [6.07, 6.45) is 2.52. The lowest BCUT2D eigenvalue weighted by Gasteiger charge is -2.05. The van der Waals surface area contributed by atoms with Crippen LogP contribution in [0.25, 0.3) is 0 Å². The summed E-state index contributed by atoms with van der Waals surface area (Å²) in [6, 6.07) is 8.79. The van der Waals surface area contributed by atoms with Crippen LogP contribution >= 0.6 is 12.4 Å². The molecule has 2 rings (SSSR count). The predicted molar refractivity (Wildman–Crippen MR) is 58.5 cm³/mol. The van der Waals surface area contributed by atoms with Gasteiger partial charge in [0.15, 0.2) is 0 Å². The van der Waals surface area contributed by atoms with Gasteiger partial charge in [-0.1, -0.05) is 24.3 Å². The minimum atomic E-state index is 0. The Labute approximate surface area is 86.0 Å². The van der Waals surface area contributed by atoms with Crippen LogP contribution in [0.15, 0.2) is 24.3 Å². The van der Waals surface area contributed by atoms with E-state index >= 15 is 0 Å². The van der Waals surface area contributed by atoms with Crippen LogP contribution in [0.4, 0.5) is 0 Å². The van der Waals surface area contributed by atoms with Crippen molar-refractivity contribution in [3.05, 3.63) is 35.4 Å². The van der Waals surface area contributed by atoms with E-state index in [4.69, 9.17) is 0 Å². The summed E-state index contributed by atoms with van der Waals surface area (Å²) in [5.41, 5.74) is 3.11. The van der Waals surface area contributed by atoms with Crippen LogP contribution in [0.5, 0.6) is 0 Å². The maximum atomic E-state index is 3.24. The first-order valence-electron chi connectivity index (χ1n) is 4.61. The van der Waals surface area contributed by atoms with Crippen molar-refractivity contribution in [3.63, 3.8) is 0 Å². The third-order valence-electron chi connectivity index (χ3n) is 2.63. The number of hydrogen-bond donors (Lipinski definition) is 1. The van der Waals surface area contributed by atoms with E-state index in [0.717, 1.165) is 12.5 Å². The van der Waals surface area contributed by atoms with E-state index in [-0.39, 0.29) is 12.4 Å². The average molecular weight is 198 g/mol. The summed E-state index contributed by atoms with van der Waals surface area (Å²) in [5.74, 6) is 0.826. The third kappa shape index (κ3) is 2.23. The van der Waals surface area contributed by atoms with Crippen molar-refractivity contribution in [2.75, 3.05) is 13.6 Å². The summed E-state index contributed by atoms with van der Waals surface area (Å²) in [7, 11) is 2.03. The second-order valence-corrected chi connectivity index (χ2v) is 3.60. The van der Waals surface area contributed by atoms with Gasteiger partial charge >= 0.3 is 0 Å². The highest BCUT2D eigenvalue weighted by Crippen LogP contribution is 2.25. The molecule has 0 heterocycles. The van der Waals surface area contributed by atoms with Crippen molar-refractivity contribution in [3.8, 4) is 0 Å². The molecule has 0 saturated heterocycles. The van der Waals surface area contributed by atoms with Gasteiger partial charge in [0.1, 0.15) is 0 Å². The summed E-state index contributed by atoms with van der Waals surface area (Å²) in [6.45, 7) is 1.15. The summed E-state index contributed by atoms with van der Waals surface area (Å²) in [5, 5.41) is 3.24. The zero-order valence-corrected chi connectivity index (χ0v) is 8.73. The molecule has 1 aromatic carbocycles. The largest absolute Gasteiger partial charge is 0.319 e.